The van der Waals surface area contributed by atoms with E-state index in [-0.39, 0.29) is 12.2 Å². The fourth-order valence-electron chi connectivity index (χ4n) is 3.89. The van der Waals surface area contributed by atoms with E-state index >= 15 is 0 Å². The fraction of sp³-hybridized carbons (Fsp3) is 0.947. The normalized spacial score (nSPS) is 31.5. The lowest BCUT2D eigenvalue weighted by Crippen LogP contribution is -2.30. The highest BCUT2D eigenvalue weighted by molar-refractivity contribution is 5.58. The monoisotopic (exact) mass is 342 g/mol. The Kier molecular flexibility index (Phi) is 7.35. The molecule has 0 unspecified atom stereocenters. The minimum atomic E-state index is -0.898. The molecule has 24 heavy (non-hydrogen) atoms. The quantitative estimate of drug-likeness (QED) is 0.482. The van der Waals surface area contributed by atoms with Crippen LogP contribution in [0.4, 0.5) is 4.79 Å². The molecule has 0 amide bonds. The molecule has 0 aromatic rings. The molecule has 0 spiro atoms. The van der Waals surface area contributed by atoms with Crippen LogP contribution >= 0.6 is 0 Å². The summed E-state index contributed by atoms with van der Waals surface area (Å²) in [6, 6.07) is 0. The van der Waals surface area contributed by atoms with Crippen LogP contribution in [0.5, 0.6) is 0 Å². The summed E-state index contributed by atoms with van der Waals surface area (Å²) >= 11 is 0. The van der Waals surface area contributed by atoms with Crippen molar-refractivity contribution in [2.24, 2.45) is 17.3 Å². The summed E-state index contributed by atoms with van der Waals surface area (Å²) in [7, 11) is 0. The molecule has 0 aromatic heterocycles. The lowest BCUT2D eigenvalue weighted by molar-refractivity contribution is -0.352. The van der Waals surface area contributed by atoms with Gasteiger partial charge in [0.1, 0.15) is 12.2 Å². The second-order valence-corrected chi connectivity index (χ2v) is 8.50. The van der Waals surface area contributed by atoms with Crippen LogP contribution in [0.25, 0.3) is 0 Å². The molecule has 0 aliphatic heterocycles. The number of hydrogen-bond donors (Lipinski definition) is 0. The predicted molar refractivity (Wildman–Crippen MR) is 91.0 cm³/mol. The third-order valence-electron chi connectivity index (χ3n) is 5.77. The summed E-state index contributed by atoms with van der Waals surface area (Å²) in [5.74, 6) is 1.48. The molecule has 0 radical (unpaired) electrons. The van der Waals surface area contributed by atoms with Gasteiger partial charge in [-0.25, -0.2) is 0 Å². The van der Waals surface area contributed by atoms with Gasteiger partial charge in [0.15, 0.2) is 0 Å². The Balaban J connectivity index is 1.56. The van der Waals surface area contributed by atoms with Gasteiger partial charge < -0.3 is 0 Å². The maximum Gasteiger partial charge on any atom is 0.573 e. The summed E-state index contributed by atoms with van der Waals surface area (Å²) in [6.45, 7) is 9.04. The third-order valence-corrected chi connectivity index (χ3v) is 5.77. The Morgan fingerprint density at radius 1 is 0.833 bits per heavy atom. The minimum absolute atomic E-state index is 0.0115. The smallest absolute Gasteiger partial charge is 0.257 e. The van der Waals surface area contributed by atoms with E-state index in [4.69, 9.17) is 19.6 Å². The van der Waals surface area contributed by atoms with E-state index in [0.717, 1.165) is 57.3 Å². The molecule has 140 valence electrons. The van der Waals surface area contributed by atoms with Gasteiger partial charge in [0.2, 0.25) is 0 Å². The van der Waals surface area contributed by atoms with Crippen LogP contribution in [-0.2, 0) is 19.6 Å². The highest BCUT2D eigenvalue weighted by Crippen LogP contribution is 2.38. The summed E-state index contributed by atoms with van der Waals surface area (Å²) < 4.78 is 0. The second kappa shape index (κ2) is 9.04. The first-order valence-electron chi connectivity index (χ1n) is 9.59. The summed E-state index contributed by atoms with van der Waals surface area (Å²) in [5, 5.41) is 0. The van der Waals surface area contributed by atoms with Crippen LogP contribution in [0.15, 0.2) is 0 Å². The van der Waals surface area contributed by atoms with Gasteiger partial charge in [0, 0.05) is 0 Å². The number of hydrogen-bond acceptors (Lipinski definition) is 5. The van der Waals surface area contributed by atoms with Crippen molar-refractivity contribution in [1.29, 1.82) is 0 Å². The first-order valence-corrected chi connectivity index (χ1v) is 9.59. The van der Waals surface area contributed by atoms with E-state index in [1.54, 1.807) is 0 Å². The van der Waals surface area contributed by atoms with Gasteiger partial charge in [-0.2, -0.15) is 14.6 Å². The van der Waals surface area contributed by atoms with Crippen molar-refractivity contribution in [2.45, 2.75) is 97.7 Å². The second-order valence-electron chi connectivity index (χ2n) is 8.50. The Labute approximate surface area is 146 Å². The van der Waals surface area contributed by atoms with Crippen LogP contribution in [0.3, 0.4) is 0 Å². The Morgan fingerprint density at radius 2 is 1.29 bits per heavy atom. The Morgan fingerprint density at radius 3 is 1.71 bits per heavy atom. The first-order chi connectivity index (χ1) is 11.4. The van der Waals surface area contributed by atoms with E-state index in [1.807, 2.05) is 0 Å². The van der Waals surface area contributed by atoms with E-state index in [0.29, 0.717) is 11.3 Å². The first kappa shape index (κ1) is 19.5. The van der Waals surface area contributed by atoms with Gasteiger partial charge in [-0.1, -0.05) is 34.1 Å². The molecule has 0 atom stereocenters. The average molecular weight is 342 g/mol. The van der Waals surface area contributed by atoms with Crippen molar-refractivity contribution in [3.63, 3.8) is 0 Å². The van der Waals surface area contributed by atoms with E-state index < -0.39 is 6.16 Å². The van der Waals surface area contributed by atoms with E-state index in [9.17, 15) is 4.79 Å². The molecule has 2 aliphatic carbocycles. The summed E-state index contributed by atoms with van der Waals surface area (Å²) in [4.78, 5) is 31.5. The van der Waals surface area contributed by atoms with Crippen LogP contribution in [0.2, 0.25) is 0 Å². The highest BCUT2D eigenvalue weighted by atomic mass is 17.3. The molecule has 0 heterocycles. The van der Waals surface area contributed by atoms with Crippen molar-refractivity contribution in [1.82, 2.24) is 0 Å². The maximum absolute atomic E-state index is 11.6. The molecule has 0 bridgehead atoms. The zero-order chi connectivity index (χ0) is 17.6. The topological polar surface area (TPSA) is 54.0 Å². The third kappa shape index (κ3) is 6.25. The molecule has 0 N–H and O–H groups in total. The minimum Gasteiger partial charge on any atom is -0.257 e. The van der Waals surface area contributed by atoms with E-state index in [2.05, 4.69) is 27.7 Å². The zero-order valence-electron chi connectivity index (χ0n) is 15.7. The molecule has 5 nitrogen and oxygen atoms in total. The standard InChI is InChI=1S/C19H34O5/c1-5-14-6-10-16(11-7-14)21-23-18(20)24-22-17-12-8-15(9-13-17)19(2,3)4/h14-17H,5-13H2,1-4H3. The molecule has 5 heteroatoms. The van der Waals surface area contributed by atoms with Crippen molar-refractivity contribution in [2.75, 3.05) is 0 Å². The van der Waals surface area contributed by atoms with E-state index in [1.165, 1.54) is 6.42 Å². The Bertz CT molecular complexity index is 374. The average Bonchev–Trinajstić information content (AvgIpc) is 2.58. The van der Waals surface area contributed by atoms with Crippen molar-refractivity contribution < 1.29 is 24.3 Å². The lowest BCUT2D eigenvalue weighted by atomic mass is 9.72. The van der Waals surface area contributed by atoms with Gasteiger partial charge in [-0.3, -0.25) is 9.78 Å². The van der Waals surface area contributed by atoms with Crippen LogP contribution in [-0.4, -0.2) is 18.4 Å². The van der Waals surface area contributed by atoms with Crippen molar-refractivity contribution >= 4 is 6.16 Å². The largest absolute Gasteiger partial charge is 0.573 e. The maximum atomic E-state index is 11.6. The number of carbonyl (C=O) groups is 1. The van der Waals surface area contributed by atoms with Crippen molar-refractivity contribution in [3.05, 3.63) is 0 Å². The number of carbonyl (C=O) groups excluding carboxylic acids is 1. The number of rotatable bonds is 5. The molecule has 2 fully saturated rings. The van der Waals surface area contributed by atoms with Gasteiger partial charge in [0.05, 0.1) is 0 Å². The summed E-state index contributed by atoms with van der Waals surface area (Å²) in [5.41, 5.74) is 0.329. The van der Waals surface area contributed by atoms with Gasteiger partial charge in [0.25, 0.3) is 0 Å². The van der Waals surface area contributed by atoms with Gasteiger partial charge in [-0.05, 0) is 68.6 Å². The predicted octanol–water partition coefficient (Wildman–Crippen LogP) is 5.58. The van der Waals surface area contributed by atoms with Crippen molar-refractivity contribution in [3.8, 4) is 0 Å². The highest BCUT2D eigenvalue weighted by Gasteiger charge is 2.31. The molecular formula is C19H34O5. The Hall–Kier alpha value is -0.810. The fourth-order valence-corrected chi connectivity index (χ4v) is 3.89. The molecule has 2 saturated carbocycles. The molecular weight excluding hydrogens is 308 g/mol. The van der Waals surface area contributed by atoms with Crippen LogP contribution in [0, 0.1) is 17.3 Å². The van der Waals surface area contributed by atoms with Gasteiger partial charge in [-0.15, -0.1) is 0 Å². The SMILES string of the molecule is CCC1CCC(OOC(=O)OOC2CCC(C(C)(C)C)CC2)CC1. The summed E-state index contributed by atoms with van der Waals surface area (Å²) in [6.07, 6.45) is 8.43. The van der Waals surface area contributed by atoms with Crippen LogP contribution < -0.4 is 0 Å². The van der Waals surface area contributed by atoms with Gasteiger partial charge >= 0.3 is 6.16 Å². The molecule has 0 saturated heterocycles. The lowest BCUT2D eigenvalue weighted by Gasteiger charge is -2.36. The molecule has 2 aliphatic rings. The molecule has 0 aromatic carbocycles. The molecule has 2 rings (SSSR count). The van der Waals surface area contributed by atoms with Crippen LogP contribution in [0.1, 0.15) is 85.5 Å². The zero-order valence-corrected chi connectivity index (χ0v) is 15.7.